The zero-order valence-corrected chi connectivity index (χ0v) is 6.31. The summed E-state index contributed by atoms with van der Waals surface area (Å²) in [5.74, 6) is 0. The number of aliphatic imine (C=N–C) groups is 1. The van der Waals surface area contributed by atoms with E-state index in [0.717, 1.165) is 11.3 Å². The average Bonchev–Trinajstić information content (AvgIpc) is 1.87. The molecule has 0 fully saturated rings. The molecule has 0 rings (SSSR count). The van der Waals surface area contributed by atoms with Crippen molar-refractivity contribution in [1.82, 2.24) is 0 Å². The van der Waals surface area contributed by atoms with Crippen molar-refractivity contribution in [2.75, 3.05) is 7.05 Å². The van der Waals surface area contributed by atoms with E-state index in [9.17, 15) is 0 Å². The summed E-state index contributed by atoms with van der Waals surface area (Å²) in [6.07, 6.45) is 3.81. The molecule has 0 heterocycles. The van der Waals surface area contributed by atoms with Gasteiger partial charge in [0.15, 0.2) is 0 Å². The lowest BCUT2D eigenvalue weighted by atomic mass is 10.2. The monoisotopic (exact) mass is 123 g/mol. The Balaban J connectivity index is 4.11. The van der Waals surface area contributed by atoms with Gasteiger partial charge < -0.3 is 0 Å². The van der Waals surface area contributed by atoms with Crippen molar-refractivity contribution in [1.29, 1.82) is 0 Å². The SMILES string of the molecule is C=C/C(C)=C\C(C)=N/C. The van der Waals surface area contributed by atoms with Crippen molar-refractivity contribution < 1.29 is 0 Å². The van der Waals surface area contributed by atoms with Crippen LogP contribution in [0.15, 0.2) is 29.3 Å². The van der Waals surface area contributed by atoms with Gasteiger partial charge >= 0.3 is 0 Å². The summed E-state index contributed by atoms with van der Waals surface area (Å²) in [6, 6.07) is 0. The highest BCUT2D eigenvalue weighted by atomic mass is 14.7. The van der Waals surface area contributed by atoms with Crippen molar-refractivity contribution >= 4 is 5.71 Å². The fourth-order valence-corrected chi connectivity index (χ4v) is 0.453. The lowest BCUT2D eigenvalue weighted by Gasteiger charge is -1.89. The second-order valence-electron chi connectivity index (χ2n) is 1.96. The molecule has 0 aromatic rings. The molecule has 0 bridgehead atoms. The van der Waals surface area contributed by atoms with Crippen molar-refractivity contribution in [3.8, 4) is 0 Å². The molecular formula is C8H13N. The molecule has 0 saturated carbocycles. The lowest BCUT2D eigenvalue weighted by Crippen LogP contribution is -1.83. The van der Waals surface area contributed by atoms with Crippen molar-refractivity contribution in [3.63, 3.8) is 0 Å². The number of rotatable bonds is 2. The summed E-state index contributed by atoms with van der Waals surface area (Å²) in [6.45, 7) is 7.59. The first-order chi connectivity index (χ1) is 4.20. The first-order valence-electron chi connectivity index (χ1n) is 2.95. The number of nitrogens with zero attached hydrogens (tertiary/aromatic N) is 1. The van der Waals surface area contributed by atoms with Crippen LogP contribution >= 0.6 is 0 Å². The Labute approximate surface area is 56.8 Å². The zero-order valence-electron chi connectivity index (χ0n) is 6.31. The van der Waals surface area contributed by atoms with E-state index < -0.39 is 0 Å². The molecule has 0 radical (unpaired) electrons. The van der Waals surface area contributed by atoms with Crippen LogP contribution in [0.3, 0.4) is 0 Å². The number of hydrogen-bond donors (Lipinski definition) is 0. The Bertz CT molecular complexity index is 152. The molecule has 9 heavy (non-hydrogen) atoms. The summed E-state index contributed by atoms with van der Waals surface area (Å²) < 4.78 is 0. The minimum absolute atomic E-state index is 1.03. The Hall–Kier alpha value is -0.850. The molecule has 0 atom stereocenters. The second kappa shape index (κ2) is 4.07. The molecule has 0 amide bonds. The topological polar surface area (TPSA) is 12.4 Å². The lowest BCUT2D eigenvalue weighted by molar-refractivity contribution is 1.42. The minimum Gasteiger partial charge on any atom is -0.293 e. The van der Waals surface area contributed by atoms with Crippen molar-refractivity contribution in [2.45, 2.75) is 13.8 Å². The van der Waals surface area contributed by atoms with Crippen molar-refractivity contribution in [3.05, 3.63) is 24.3 Å². The summed E-state index contributed by atoms with van der Waals surface area (Å²) in [5, 5.41) is 0. The maximum absolute atomic E-state index is 3.97. The highest BCUT2D eigenvalue weighted by Crippen LogP contribution is 1.92. The third-order valence-corrected chi connectivity index (χ3v) is 1.11. The van der Waals surface area contributed by atoms with E-state index in [1.807, 2.05) is 26.0 Å². The summed E-state index contributed by atoms with van der Waals surface area (Å²) >= 11 is 0. The standard InChI is InChI=1S/C8H13N/c1-5-7(2)6-8(3)9-4/h5-6H,1H2,2-4H3/b7-6-,9-8-. The molecule has 0 N–H and O–H groups in total. The van der Waals surface area contributed by atoms with Gasteiger partial charge in [0.25, 0.3) is 0 Å². The van der Waals surface area contributed by atoms with Gasteiger partial charge in [0, 0.05) is 12.8 Å². The van der Waals surface area contributed by atoms with Gasteiger partial charge in [0.2, 0.25) is 0 Å². The zero-order chi connectivity index (χ0) is 7.28. The van der Waals surface area contributed by atoms with Gasteiger partial charge in [-0.2, -0.15) is 0 Å². The maximum atomic E-state index is 3.97. The predicted molar refractivity (Wildman–Crippen MR) is 43.0 cm³/mol. The van der Waals surface area contributed by atoms with Gasteiger partial charge in [-0.15, -0.1) is 0 Å². The van der Waals surface area contributed by atoms with Gasteiger partial charge in [0.05, 0.1) is 0 Å². The largest absolute Gasteiger partial charge is 0.293 e. The number of allylic oxidation sites excluding steroid dienone is 3. The van der Waals surface area contributed by atoms with Crippen LogP contribution in [0.4, 0.5) is 0 Å². The van der Waals surface area contributed by atoms with Crippen LogP contribution < -0.4 is 0 Å². The Morgan fingerprint density at radius 1 is 1.44 bits per heavy atom. The minimum atomic E-state index is 1.03. The predicted octanol–water partition coefficient (Wildman–Crippen LogP) is 2.21. The molecule has 1 heteroatoms. The van der Waals surface area contributed by atoms with Crippen LogP contribution in [-0.4, -0.2) is 12.8 Å². The summed E-state index contributed by atoms with van der Waals surface area (Å²) in [7, 11) is 1.78. The van der Waals surface area contributed by atoms with E-state index >= 15 is 0 Å². The second-order valence-corrected chi connectivity index (χ2v) is 1.96. The normalized spacial score (nSPS) is 13.7. The van der Waals surface area contributed by atoms with Gasteiger partial charge in [-0.1, -0.05) is 12.7 Å². The van der Waals surface area contributed by atoms with Crippen molar-refractivity contribution in [2.24, 2.45) is 4.99 Å². The molecule has 0 aliphatic rings. The first-order valence-corrected chi connectivity index (χ1v) is 2.95. The molecule has 1 nitrogen and oxygen atoms in total. The molecule has 0 saturated heterocycles. The smallest absolute Gasteiger partial charge is 0.0316 e. The molecule has 0 aromatic carbocycles. The van der Waals surface area contributed by atoms with Gasteiger partial charge in [0.1, 0.15) is 0 Å². The molecule has 0 aliphatic heterocycles. The van der Waals surface area contributed by atoms with Crippen LogP contribution in [0.5, 0.6) is 0 Å². The number of hydrogen-bond acceptors (Lipinski definition) is 1. The van der Waals surface area contributed by atoms with E-state index in [1.54, 1.807) is 7.05 Å². The van der Waals surface area contributed by atoms with E-state index in [2.05, 4.69) is 11.6 Å². The highest BCUT2D eigenvalue weighted by Gasteiger charge is 1.81. The average molecular weight is 123 g/mol. The third kappa shape index (κ3) is 3.71. The highest BCUT2D eigenvalue weighted by molar-refractivity contribution is 5.93. The third-order valence-electron chi connectivity index (χ3n) is 1.11. The van der Waals surface area contributed by atoms with Gasteiger partial charge in [-0.05, 0) is 25.5 Å². The van der Waals surface area contributed by atoms with Crippen LogP contribution in [0.2, 0.25) is 0 Å². The van der Waals surface area contributed by atoms with E-state index in [1.165, 1.54) is 0 Å². The Kier molecular flexibility index (Phi) is 3.69. The molecule has 0 aliphatic carbocycles. The molecule has 0 spiro atoms. The van der Waals surface area contributed by atoms with Gasteiger partial charge in [-0.25, -0.2) is 0 Å². The maximum Gasteiger partial charge on any atom is 0.0316 e. The van der Waals surface area contributed by atoms with Crippen LogP contribution in [-0.2, 0) is 0 Å². The fourth-order valence-electron chi connectivity index (χ4n) is 0.453. The van der Waals surface area contributed by atoms with Crippen LogP contribution in [0.1, 0.15) is 13.8 Å². The summed E-state index contributed by atoms with van der Waals surface area (Å²) in [5.41, 5.74) is 2.19. The van der Waals surface area contributed by atoms with E-state index in [4.69, 9.17) is 0 Å². The molecule has 50 valence electrons. The Morgan fingerprint density at radius 3 is 2.33 bits per heavy atom. The van der Waals surface area contributed by atoms with Gasteiger partial charge in [-0.3, -0.25) is 4.99 Å². The first kappa shape index (κ1) is 8.15. The van der Waals surface area contributed by atoms with Crippen LogP contribution in [0, 0.1) is 0 Å². The van der Waals surface area contributed by atoms with E-state index in [-0.39, 0.29) is 0 Å². The van der Waals surface area contributed by atoms with Crippen LogP contribution in [0.25, 0.3) is 0 Å². The molecular weight excluding hydrogens is 110 g/mol. The molecule has 0 aromatic heterocycles. The summed E-state index contributed by atoms with van der Waals surface area (Å²) in [4.78, 5) is 3.97. The molecule has 0 unspecified atom stereocenters. The fraction of sp³-hybridized carbons (Fsp3) is 0.375. The Morgan fingerprint density at radius 2 is 2.00 bits per heavy atom. The quantitative estimate of drug-likeness (QED) is 0.394. The van der Waals surface area contributed by atoms with E-state index in [0.29, 0.717) is 0 Å².